The van der Waals surface area contributed by atoms with Gasteiger partial charge in [0.2, 0.25) is 0 Å². The lowest BCUT2D eigenvalue weighted by molar-refractivity contribution is -0.119. The Morgan fingerprint density at radius 1 is 1.04 bits per heavy atom. The van der Waals surface area contributed by atoms with Crippen LogP contribution in [0.4, 0.5) is 0 Å². The number of primary amides is 1. The van der Waals surface area contributed by atoms with Crippen molar-refractivity contribution in [2.24, 2.45) is 5.73 Å². The number of carbonyl (C=O) groups is 2. The van der Waals surface area contributed by atoms with Gasteiger partial charge in [-0.25, -0.2) is 0 Å². The van der Waals surface area contributed by atoms with Crippen molar-refractivity contribution in [3.8, 4) is 17.2 Å². The molecule has 27 heavy (non-hydrogen) atoms. The Bertz CT molecular complexity index is 818. The molecule has 0 saturated heterocycles. The quantitative estimate of drug-likeness (QED) is 0.767. The standard InChI is InChI=1S/C20H24N2O5/c1-13-9-17(25-3)18(26-4)10-15(13)11-22(2)20(24)14-5-7-16(8-6-14)27-12-19(21)23/h5-10H,11-12H2,1-4H3,(H2,21,23). The number of methoxy groups -OCH3 is 2. The lowest BCUT2D eigenvalue weighted by atomic mass is 10.1. The molecule has 0 aromatic heterocycles. The second-order valence-corrected chi connectivity index (χ2v) is 6.07. The first kappa shape index (κ1) is 20.1. The molecule has 0 heterocycles. The first-order valence-electron chi connectivity index (χ1n) is 8.33. The smallest absolute Gasteiger partial charge is 0.255 e. The molecule has 2 rings (SSSR count). The highest BCUT2D eigenvalue weighted by atomic mass is 16.5. The highest BCUT2D eigenvalue weighted by Crippen LogP contribution is 2.30. The Morgan fingerprint density at radius 2 is 1.63 bits per heavy atom. The van der Waals surface area contributed by atoms with Gasteiger partial charge < -0.3 is 24.8 Å². The fraction of sp³-hybridized carbons (Fsp3) is 0.300. The van der Waals surface area contributed by atoms with Gasteiger partial charge in [0.15, 0.2) is 18.1 Å². The molecule has 0 atom stereocenters. The fourth-order valence-electron chi connectivity index (χ4n) is 2.59. The molecule has 7 heteroatoms. The molecule has 144 valence electrons. The summed E-state index contributed by atoms with van der Waals surface area (Å²) in [6.07, 6.45) is 0. The number of amides is 2. The van der Waals surface area contributed by atoms with Crippen molar-refractivity contribution in [1.29, 1.82) is 0 Å². The molecule has 0 saturated carbocycles. The van der Waals surface area contributed by atoms with Gasteiger partial charge in [-0.3, -0.25) is 9.59 Å². The fourth-order valence-corrected chi connectivity index (χ4v) is 2.59. The van der Waals surface area contributed by atoms with Gasteiger partial charge in [-0.15, -0.1) is 0 Å². The molecule has 0 radical (unpaired) electrons. The van der Waals surface area contributed by atoms with E-state index in [9.17, 15) is 9.59 Å². The van der Waals surface area contributed by atoms with Gasteiger partial charge in [0.05, 0.1) is 14.2 Å². The molecule has 0 aliphatic rings. The van der Waals surface area contributed by atoms with E-state index in [4.69, 9.17) is 19.9 Å². The van der Waals surface area contributed by atoms with Gasteiger partial charge in [0.1, 0.15) is 5.75 Å². The summed E-state index contributed by atoms with van der Waals surface area (Å²) in [6, 6.07) is 10.3. The van der Waals surface area contributed by atoms with Crippen LogP contribution in [0.1, 0.15) is 21.5 Å². The van der Waals surface area contributed by atoms with Crippen LogP contribution in [0.3, 0.4) is 0 Å². The van der Waals surface area contributed by atoms with E-state index in [0.717, 1.165) is 11.1 Å². The zero-order valence-electron chi connectivity index (χ0n) is 15.9. The zero-order chi connectivity index (χ0) is 20.0. The van der Waals surface area contributed by atoms with Crippen LogP contribution in [0.15, 0.2) is 36.4 Å². The molecule has 7 nitrogen and oxygen atoms in total. The maximum atomic E-state index is 12.7. The van der Waals surface area contributed by atoms with Crippen LogP contribution in [0.25, 0.3) is 0 Å². The van der Waals surface area contributed by atoms with E-state index in [2.05, 4.69) is 0 Å². The van der Waals surface area contributed by atoms with Crippen molar-refractivity contribution >= 4 is 11.8 Å². The molecular weight excluding hydrogens is 348 g/mol. The summed E-state index contributed by atoms with van der Waals surface area (Å²) in [4.78, 5) is 25.0. The van der Waals surface area contributed by atoms with E-state index >= 15 is 0 Å². The first-order valence-corrected chi connectivity index (χ1v) is 8.33. The van der Waals surface area contributed by atoms with Gasteiger partial charge in [-0.1, -0.05) is 0 Å². The number of nitrogens with two attached hydrogens (primary N) is 1. The van der Waals surface area contributed by atoms with Gasteiger partial charge in [0, 0.05) is 19.2 Å². The Labute approximate surface area is 158 Å². The Balaban J connectivity index is 2.10. The number of nitrogens with zero attached hydrogens (tertiary/aromatic N) is 1. The van der Waals surface area contributed by atoms with Crippen molar-refractivity contribution in [3.05, 3.63) is 53.1 Å². The molecule has 0 fully saturated rings. The molecule has 0 aliphatic heterocycles. The average Bonchev–Trinajstić information content (AvgIpc) is 2.67. The number of aryl methyl sites for hydroxylation is 1. The van der Waals surface area contributed by atoms with E-state index in [1.165, 1.54) is 0 Å². The molecular formula is C20H24N2O5. The molecule has 0 bridgehead atoms. The molecule has 0 unspecified atom stereocenters. The van der Waals surface area contributed by atoms with Crippen LogP contribution in [0.5, 0.6) is 17.2 Å². The van der Waals surface area contributed by atoms with Crippen LogP contribution in [0.2, 0.25) is 0 Å². The summed E-state index contributed by atoms with van der Waals surface area (Å²) in [7, 11) is 4.90. The number of hydrogen-bond acceptors (Lipinski definition) is 5. The topological polar surface area (TPSA) is 91.1 Å². The van der Waals surface area contributed by atoms with E-state index < -0.39 is 5.91 Å². The summed E-state index contributed by atoms with van der Waals surface area (Å²) >= 11 is 0. The molecule has 0 aliphatic carbocycles. The third kappa shape index (κ3) is 5.13. The Kier molecular flexibility index (Phi) is 6.65. The minimum atomic E-state index is -0.555. The summed E-state index contributed by atoms with van der Waals surface area (Å²) in [6.45, 7) is 2.18. The SMILES string of the molecule is COc1cc(C)c(CN(C)C(=O)c2ccc(OCC(N)=O)cc2)cc1OC. The van der Waals surface area contributed by atoms with Crippen LogP contribution in [-0.2, 0) is 11.3 Å². The maximum Gasteiger partial charge on any atom is 0.255 e. The third-order valence-corrected chi connectivity index (χ3v) is 4.08. The number of rotatable bonds is 8. The van der Waals surface area contributed by atoms with Gasteiger partial charge in [-0.2, -0.15) is 0 Å². The normalized spacial score (nSPS) is 10.2. The zero-order valence-corrected chi connectivity index (χ0v) is 15.9. The molecule has 2 N–H and O–H groups in total. The third-order valence-electron chi connectivity index (χ3n) is 4.08. The average molecular weight is 372 g/mol. The van der Waals surface area contributed by atoms with E-state index in [0.29, 0.717) is 29.4 Å². The van der Waals surface area contributed by atoms with Crippen LogP contribution >= 0.6 is 0 Å². The highest BCUT2D eigenvalue weighted by Gasteiger charge is 2.15. The predicted octanol–water partition coefficient (Wildman–Crippen LogP) is 2.15. The van der Waals surface area contributed by atoms with Crippen molar-refractivity contribution in [3.63, 3.8) is 0 Å². The summed E-state index contributed by atoms with van der Waals surface area (Å²) in [5.74, 6) is 1.06. The van der Waals surface area contributed by atoms with Crippen LogP contribution in [0, 0.1) is 6.92 Å². The molecule has 2 aromatic carbocycles. The summed E-state index contributed by atoms with van der Waals surface area (Å²) in [5.41, 5.74) is 7.52. The number of carbonyl (C=O) groups excluding carboxylic acids is 2. The van der Waals surface area contributed by atoms with Crippen LogP contribution in [-0.4, -0.2) is 44.6 Å². The lowest BCUT2D eigenvalue weighted by Crippen LogP contribution is -2.26. The summed E-state index contributed by atoms with van der Waals surface area (Å²) in [5, 5.41) is 0. The van der Waals surface area contributed by atoms with Crippen LogP contribution < -0.4 is 19.9 Å². The Hall–Kier alpha value is -3.22. The molecule has 0 spiro atoms. The minimum Gasteiger partial charge on any atom is -0.493 e. The predicted molar refractivity (Wildman–Crippen MR) is 101 cm³/mol. The summed E-state index contributed by atoms with van der Waals surface area (Å²) < 4.78 is 15.8. The highest BCUT2D eigenvalue weighted by molar-refractivity contribution is 5.94. The lowest BCUT2D eigenvalue weighted by Gasteiger charge is -2.20. The molecule has 2 amide bonds. The number of benzene rings is 2. The van der Waals surface area contributed by atoms with Crippen molar-refractivity contribution in [2.45, 2.75) is 13.5 Å². The first-order chi connectivity index (χ1) is 12.8. The molecule has 2 aromatic rings. The van der Waals surface area contributed by atoms with Gasteiger partial charge in [-0.05, 0) is 54.4 Å². The number of ether oxygens (including phenoxy) is 3. The van der Waals surface area contributed by atoms with E-state index in [1.54, 1.807) is 50.4 Å². The van der Waals surface area contributed by atoms with Crippen molar-refractivity contribution in [1.82, 2.24) is 4.90 Å². The minimum absolute atomic E-state index is 0.134. The van der Waals surface area contributed by atoms with Crippen molar-refractivity contribution in [2.75, 3.05) is 27.9 Å². The largest absolute Gasteiger partial charge is 0.493 e. The Morgan fingerprint density at radius 3 is 2.19 bits per heavy atom. The monoisotopic (exact) mass is 372 g/mol. The second kappa shape index (κ2) is 8.93. The maximum absolute atomic E-state index is 12.7. The van der Waals surface area contributed by atoms with E-state index in [1.807, 2.05) is 19.1 Å². The van der Waals surface area contributed by atoms with Crippen molar-refractivity contribution < 1.29 is 23.8 Å². The van der Waals surface area contributed by atoms with Gasteiger partial charge in [0.25, 0.3) is 11.8 Å². The second-order valence-electron chi connectivity index (χ2n) is 6.07. The number of hydrogen-bond donors (Lipinski definition) is 1. The van der Waals surface area contributed by atoms with Gasteiger partial charge >= 0.3 is 0 Å². The van der Waals surface area contributed by atoms with E-state index in [-0.39, 0.29) is 12.5 Å².